The second-order valence-corrected chi connectivity index (χ2v) is 8.18. The van der Waals surface area contributed by atoms with E-state index in [-0.39, 0.29) is 6.04 Å². The normalized spacial score (nSPS) is 21.5. The van der Waals surface area contributed by atoms with Crippen LogP contribution in [-0.2, 0) is 0 Å². The second-order valence-electron chi connectivity index (χ2n) is 8.18. The standard InChI is InChI=1S/C22H25N5O3/c1-22(30)8-6-14(7-9-22)26-19-17(21(24)29)11-25-27-12-13(10-18(19)27)15-4-2-3-5-16(15)20(23)28/h2-5,10-12,14,26,30H,6-9H2,1H3,(H2,23,28)(H2,24,29)/t14-,22-. The molecule has 2 aromatic heterocycles. The van der Waals surface area contributed by atoms with Gasteiger partial charge in [-0.2, -0.15) is 5.10 Å². The molecule has 0 radical (unpaired) electrons. The number of aliphatic hydroxyl groups is 1. The fourth-order valence-electron chi connectivity index (χ4n) is 4.08. The van der Waals surface area contributed by atoms with Crippen LogP contribution in [0, 0.1) is 0 Å². The highest BCUT2D eigenvalue weighted by Crippen LogP contribution is 2.34. The van der Waals surface area contributed by atoms with Gasteiger partial charge < -0.3 is 21.9 Å². The van der Waals surface area contributed by atoms with Crippen molar-refractivity contribution in [1.82, 2.24) is 9.61 Å². The quantitative estimate of drug-likeness (QED) is 0.514. The summed E-state index contributed by atoms with van der Waals surface area (Å²) in [7, 11) is 0. The Bertz CT molecular complexity index is 1130. The monoisotopic (exact) mass is 407 g/mol. The van der Waals surface area contributed by atoms with Crippen LogP contribution < -0.4 is 16.8 Å². The van der Waals surface area contributed by atoms with Crippen LogP contribution in [0.4, 0.5) is 5.69 Å². The number of aromatic nitrogens is 2. The number of nitrogens with two attached hydrogens (primary N) is 2. The number of rotatable bonds is 5. The van der Waals surface area contributed by atoms with Gasteiger partial charge >= 0.3 is 0 Å². The number of carbonyl (C=O) groups excluding carboxylic acids is 2. The Balaban J connectivity index is 1.78. The van der Waals surface area contributed by atoms with E-state index < -0.39 is 17.4 Å². The van der Waals surface area contributed by atoms with Crippen LogP contribution in [0.1, 0.15) is 53.3 Å². The molecule has 4 rings (SSSR count). The van der Waals surface area contributed by atoms with E-state index in [9.17, 15) is 14.7 Å². The number of amides is 2. The Morgan fingerprint density at radius 3 is 2.50 bits per heavy atom. The first-order chi connectivity index (χ1) is 14.2. The summed E-state index contributed by atoms with van der Waals surface area (Å²) >= 11 is 0. The summed E-state index contributed by atoms with van der Waals surface area (Å²) in [6.07, 6.45) is 6.14. The second kappa shape index (κ2) is 7.46. The molecule has 0 atom stereocenters. The Hall–Kier alpha value is -3.39. The molecule has 0 aliphatic heterocycles. The number of fused-ring (bicyclic) bond motifs is 1. The molecular formula is C22H25N5O3. The van der Waals surface area contributed by atoms with E-state index in [2.05, 4.69) is 10.4 Å². The summed E-state index contributed by atoms with van der Waals surface area (Å²) in [6, 6.07) is 9.05. The number of hydrogen-bond donors (Lipinski definition) is 4. The van der Waals surface area contributed by atoms with Gasteiger partial charge in [0.2, 0.25) is 5.91 Å². The highest BCUT2D eigenvalue weighted by molar-refractivity contribution is 6.03. The number of benzene rings is 1. The molecule has 8 nitrogen and oxygen atoms in total. The number of anilines is 1. The Morgan fingerprint density at radius 1 is 1.17 bits per heavy atom. The van der Waals surface area contributed by atoms with Crippen molar-refractivity contribution in [3.63, 3.8) is 0 Å². The van der Waals surface area contributed by atoms with E-state index in [0.717, 1.165) is 18.4 Å². The minimum Gasteiger partial charge on any atom is -0.390 e. The molecule has 30 heavy (non-hydrogen) atoms. The van der Waals surface area contributed by atoms with Gasteiger partial charge in [0.25, 0.3) is 5.91 Å². The van der Waals surface area contributed by atoms with Crippen molar-refractivity contribution >= 4 is 23.0 Å². The van der Waals surface area contributed by atoms with E-state index in [0.29, 0.717) is 40.7 Å². The van der Waals surface area contributed by atoms with Gasteiger partial charge in [0, 0.05) is 23.4 Å². The molecular weight excluding hydrogens is 382 g/mol. The van der Waals surface area contributed by atoms with E-state index in [1.165, 1.54) is 6.20 Å². The minimum atomic E-state index is -0.654. The van der Waals surface area contributed by atoms with Crippen LogP contribution in [-0.4, -0.2) is 38.2 Å². The van der Waals surface area contributed by atoms with Crippen LogP contribution in [0.5, 0.6) is 0 Å². The molecule has 0 spiro atoms. The third kappa shape index (κ3) is 3.73. The fraction of sp³-hybridized carbons (Fsp3) is 0.318. The maximum Gasteiger partial charge on any atom is 0.252 e. The summed E-state index contributed by atoms with van der Waals surface area (Å²) in [5.41, 5.74) is 13.9. The zero-order chi connectivity index (χ0) is 21.5. The molecule has 1 saturated carbocycles. The van der Waals surface area contributed by atoms with Gasteiger partial charge in [0.05, 0.1) is 28.6 Å². The number of primary amides is 2. The first kappa shape index (κ1) is 19.9. The van der Waals surface area contributed by atoms with Crippen molar-refractivity contribution in [3.8, 4) is 11.1 Å². The van der Waals surface area contributed by atoms with Gasteiger partial charge in [-0.25, -0.2) is 4.52 Å². The molecule has 6 N–H and O–H groups in total. The fourth-order valence-corrected chi connectivity index (χ4v) is 4.08. The van der Waals surface area contributed by atoms with Gasteiger partial charge in [-0.1, -0.05) is 18.2 Å². The zero-order valence-corrected chi connectivity index (χ0v) is 16.8. The van der Waals surface area contributed by atoms with Crippen LogP contribution >= 0.6 is 0 Å². The highest BCUT2D eigenvalue weighted by atomic mass is 16.3. The van der Waals surface area contributed by atoms with Gasteiger partial charge in [0.1, 0.15) is 0 Å². The van der Waals surface area contributed by atoms with E-state index in [1.54, 1.807) is 22.8 Å². The summed E-state index contributed by atoms with van der Waals surface area (Å²) < 4.78 is 1.65. The molecule has 3 aromatic rings. The van der Waals surface area contributed by atoms with E-state index in [1.807, 2.05) is 25.1 Å². The molecule has 1 aliphatic carbocycles. The summed E-state index contributed by atoms with van der Waals surface area (Å²) in [6.45, 7) is 1.85. The molecule has 1 aliphatic rings. The van der Waals surface area contributed by atoms with Crippen molar-refractivity contribution in [2.75, 3.05) is 5.32 Å². The maximum atomic E-state index is 12.1. The first-order valence-electron chi connectivity index (χ1n) is 9.94. The molecule has 0 saturated heterocycles. The lowest BCUT2D eigenvalue weighted by Gasteiger charge is -2.34. The van der Waals surface area contributed by atoms with Crippen LogP contribution in [0.3, 0.4) is 0 Å². The molecule has 1 aromatic carbocycles. The van der Waals surface area contributed by atoms with E-state index in [4.69, 9.17) is 11.5 Å². The molecule has 1 fully saturated rings. The van der Waals surface area contributed by atoms with Gasteiger partial charge in [-0.15, -0.1) is 0 Å². The third-order valence-electron chi connectivity index (χ3n) is 5.82. The van der Waals surface area contributed by atoms with Crippen LogP contribution in [0.15, 0.2) is 42.7 Å². The average molecular weight is 407 g/mol. The molecule has 2 amide bonds. The molecule has 0 unspecified atom stereocenters. The lowest BCUT2D eigenvalue weighted by Crippen LogP contribution is -2.36. The van der Waals surface area contributed by atoms with Crippen molar-refractivity contribution in [2.45, 2.75) is 44.2 Å². The third-order valence-corrected chi connectivity index (χ3v) is 5.82. The van der Waals surface area contributed by atoms with Gasteiger partial charge in [-0.3, -0.25) is 9.59 Å². The van der Waals surface area contributed by atoms with Crippen molar-refractivity contribution in [1.29, 1.82) is 0 Å². The largest absolute Gasteiger partial charge is 0.390 e. The topological polar surface area (TPSA) is 136 Å². The summed E-state index contributed by atoms with van der Waals surface area (Å²) in [4.78, 5) is 23.9. The number of carbonyl (C=O) groups is 2. The average Bonchev–Trinajstić information content (AvgIpc) is 3.14. The number of nitrogens with one attached hydrogen (secondary N) is 1. The predicted molar refractivity (Wildman–Crippen MR) is 114 cm³/mol. The zero-order valence-electron chi connectivity index (χ0n) is 16.8. The lowest BCUT2D eigenvalue weighted by atomic mass is 9.83. The molecule has 0 bridgehead atoms. The summed E-state index contributed by atoms with van der Waals surface area (Å²) in [5.74, 6) is -1.09. The van der Waals surface area contributed by atoms with Crippen molar-refractivity contribution in [2.24, 2.45) is 11.5 Å². The smallest absolute Gasteiger partial charge is 0.252 e. The molecule has 2 heterocycles. The van der Waals surface area contributed by atoms with Gasteiger partial charge in [-0.05, 0) is 50.3 Å². The first-order valence-corrected chi connectivity index (χ1v) is 9.94. The Labute approximate surface area is 173 Å². The maximum absolute atomic E-state index is 12.1. The molecule has 156 valence electrons. The SMILES string of the molecule is C[C@]1(O)CC[C@H](Nc2c(C(N)=O)cnn3cc(-c4ccccc4C(N)=O)cc23)CC1. The number of hydrogen-bond acceptors (Lipinski definition) is 5. The van der Waals surface area contributed by atoms with Gasteiger partial charge in [0.15, 0.2) is 0 Å². The van der Waals surface area contributed by atoms with Crippen molar-refractivity contribution < 1.29 is 14.7 Å². The minimum absolute atomic E-state index is 0.103. The van der Waals surface area contributed by atoms with Crippen molar-refractivity contribution in [3.05, 3.63) is 53.9 Å². The summed E-state index contributed by atoms with van der Waals surface area (Å²) in [5, 5.41) is 18.0. The van der Waals surface area contributed by atoms with Crippen LogP contribution in [0.2, 0.25) is 0 Å². The number of nitrogens with zero attached hydrogens (tertiary/aromatic N) is 2. The lowest BCUT2D eigenvalue weighted by molar-refractivity contribution is 0.0196. The molecule has 8 heteroatoms. The highest BCUT2D eigenvalue weighted by Gasteiger charge is 2.29. The predicted octanol–water partition coefficient (Wildman–Crippen LogP) is 2.30. The van der Waals surface area contributed by atoms with E-state index >= 15 is 0 Å². The Morgan fingerprint density at radius 2 is 1.83 bits per heavy atom. The Kier molecular flexibility index (Phi) is 4.95. The van der Waals surface area contributed by atoms with Crippen LogP contribution in [0.25, 0.3) is 16.6 Å².